The molecule has 0 aromatic heterocycles. The lowest BCUT2D eigenvalue weighted by Gasteiger charge is -2.34. The average Bonchev–Trinajstić information content (AvgIpc) is 2.34. The Bertz CT molecular complexity index is 405. The van der Waals surface area contributed by atoms with Gasteiger partial charge in [-0.25, -0.2) is 0 Å². The lowest BCUT2D eigenvalue weighted by atomic mass is 10.1. The Morgan fingerprint density at radius 2 is 2.06 bits per heavy atom. The summed E-state index contributed by atoms with van der Waals surface area (Å²) in [5.74, 6) is 0.190. The topological polar surface area (TPSA) is 35.6 Å². The molecule has 1 heterocycles. The van der Waals surface area contributed by atoms with Crippen LogP contribution in [0.15, 0.2) is 24.3 Å². The maximum atomic E-state index is 11.7. The number of anilines is 1. The molecule has 0 aliphatic carbocycles. The summed E-state index contributed by atoms with van der Waals surface area (Å²) in [5.41, 5.74) is 2.41. The fourth-order valence-electron chi connectivity index (χ4n) is 2.12. The first-order chi connectivity index (χ1) is 8.22. The van der Waals surface area contributed by atoms with E-state index in [1.807, 2.05) is 26.2 Å². The second-order valence-electron chi connectivity index (χ2n) is 4.40. The Hall–Kier alpha value is -1.55. The number of nitrogens with one attached hydrogen (secondary N) is 1. The van der Waals surface area contributed by atoms with Gasteiger partial charge in [-0.05, 0) is 18.7 Å². The first-order valence-corrected chi connectivity index (χ1v) is 5.94. The largest absolute Gasteiger partial charge is 0.360 e. The van der Waals surface area contributed by atoms with Crippen molar-refractivity contribution in [1.29, 1.82) is 0 Å². The van der Waals surface area contributed by atoms with Crippen LogP contribution in [-0.4, -0.2) is 44.5 Å². The SMILES string of the molecule is CNCc1ccccc1N1CCN(C)C(=O)C1. The first-order valence-electron chi connectivity index (χ1n) is 5.94. The van der Waals surface area contributed by atoms with Crippen LogP contribution in [0.3, 0.4) is 0 Å². The molecule has 4 heteroatoms. The van der Waals surface area contributed by atoms with E-state index in [1.54, 1.807) is 4.90 Å². The lowest BCUT2D eigenvalue weighted by molar-refractivity contribution is -0.129. The van der Waals surface area contributed by atoms with Gasteiger partial charge in [0.25, 0.3) is 0 Å². The third-order valence-corrected chi connectivity index (χ3v) is 3.16. The third kappa shape index (κ3) is 2.58. The molecule has 1 saturated heterocycles. The summed E-state index contributed by atoms with van der Waals surface area (Å²) in [6.07, 6.45) is 0. The molecule has 1 aliphatic rings. The second-order valence-corrected chi connectivity index (χ2v) is 4.40. The van der Waals surface area contributed by atoms with Gasteiger partial charge in [0.15, 0.2) is 0 Å². The Balaban J connectivity index is 2.19. The predicted octanol–water partition coefficient (Wildman–Crippen LogP) is 0.684. The normalized spacial score (nSPS) is 16.5. The van der Waals surface area contributed by atoms with Gasteiger partial charge in [0.2, 0.25) is 5.91 Å². The number of carbonyl (C=O) groups is 1. The summed E-state index contributed by atoms with van der Waals surface area (Å²) >= 11 is 0. The average molecular weight is 233 g/mol. The summed E-state index contributed by atoms with van der Waals surface area (Å²) in [4.78, 5) is 15.7. The summed E-state index contributed by atoms with van der Waals surface area (Å²) in [5, 5.41) is 3.16. The van der Waals surface area contributed by atoms with Crippen LogP contribution in [0.2, 0.25) is 0 Å². The number of amides is 1. The smallest absolute Gasteiger partial charge is 0.241 e. The standard InChI is InChI=1S/C13H19N3O/c1-14-9-11-5-3-4-6-12(11)16-8-7-15(2)13(17)10-16/h3-6,14H,7-10H2,1-2H3. The number of rotatable bonds is 3. The zero-order chi connectivity index (χ0) is 12.3. The van der Waals surface area contributed by atoms with Gasteiger partial charge in [-0.1, -0.05) is 18.2 Å². The molecule has 1 amide bonds. The van der Waals surface area contributed by atoms with E-state index >= 15 is 0 Å². The number of para-hydroxylation sites is 1. The fourth-order valence-corrected chi connectivity index (χ4v) is 2.12. The van der Waals surface area contributed by atoms with Crippen LogP contribution in [0.1, 0.15) is 5.56 Å². The Kier molecular flexibility index (Phi) is 3.64. The Morgan fingerprint density at radius 1 is 1.29 bits per heavy atom. The van der Waals surface area contributed by atoms with Gasteiger partial charge in [0.05, 0.1) is 6.54 Å². The second kappa shape index (κ2) is 5.19. The van der Waals surface area contributed by atoms with E-state index < -0.39 is 0 Å². The maximum absolute atomic E-state index is 11.7. The van der Waals surface area contributed by atoms with E-state index in [4.69, 9.17) is 0 Å². The molecular weight excluding hydrogens is 214 g/mol. The highest BCUT2D eigenvalue weighted by molar-refractivity contribution is 5.82. The van der Waals surface area contributed by atoms with Crippen molar-refractivity contribution in [2.45, 2.75) is 6.54 Å². The number of hydrogen-bond donors (Lipinski definition) is 1. The highest BCUT2D eigenvalue weighted by Gasteiger charge is 2.22. The van der Waals surface area contributed by atoms with Gasteiger partial charge in [-0.2, -0.15) is 0 Å². The minimum absolute atomic E-state index is 0.190. The molecule has 1 aromatic carbocycles. The van der Waals surface area contributed by atoms with Crippen molar-refractivity contribution in [2.75, 3.05) is 38.6 Å². The van der Waals surface area contributed by atoms with E-state index in [0.29, 0.717) is 6.54 Å². The summed E-state index contributed by atoms with van der Waals surface area (Å²) < 4.78 is 0. The molecule has 0 spiro atoms. The molecular formula is C13H19N3O. The molecule has 0 bridgehead atoms. The molecule has 1 aromatic rings. The van der Waals surface area contributed by atoms with Crippen LogP contribution in [0.4, 0.5) is 5.69 Å². The number of piperazine rings is 1. The van der Waals surface area contributed by atoms with Crippen molar-refractivity contribution in [3.05, 3.63) is 29.8 Å². The van der Waals surface area contributed by atoms with Crippen molar-refractivity contribution in [3.8, 4) is 0 Å². The van der Waals surface area contributed by atoms with Gasteiger partial charge in [-0.15, -0.1) is 0 Å². The highest BCUT2D eigenvalue weighted by atomic mass is 16.2. The number of benzene rings is 1. The van der Waals surface area contributed by atoms with Gasteiger partial charge in [-0.3, -0.25) is 4.79 Å². The van der Waals surface area contributed by atoms with Gasteiger partial charge in [0, 0.05) is 32.4 Å². The van der Waals surface area contributed by atoms with Gasteiger partial charge in [0.1, 0.15) is 0 Å². The summed E-state index contributed by atoms with van der Waals surface area (Å²) in [6.45, 7) is 3.02. The van der Waals surface area contributed by atoms with Crippen molar-refractivity contribution in [1.82, 2.24) is 10.2 Å². The number of hydrogen-bond acceptors (Lipinski definition) is 3. The monoisotopic (exact) mass is 233 g/mol. The van der Waals surface area contributed by atoms with Crippen molar-refractivity contribution >= 4 is 11.6 Å². The van der Waals surface area contributed by atoms with E-state index in [-0.39, 0.29) is 5.91 Å². The molecule has 0 saturated carbocycles. The minimum Gasteiger partial charge on any atom is -0.360 e. The number of likely N-dealkylation sites (N-methyl/N-ethyl adjacent to an activating group) is 1. The van der Waals surface area contributed by atoms with Crippen LogP contribution >= 0.6 is 0 Å². The molecule has 2 rings (SSSR count). The van der Waals surface area contributed by atoms with Crippen molar-refractivity contribution in [2.24, 2.45) is 0 Å². The summed E-state index contributed by atoms with van der Waals surface area (Å²) in [6, 6.07) is 8.26. The molecule has 1 aliphatic heterocycles. The number of carbonyl (C=O) groups excluding carboxylic acids is 1. The fraction of sp³-hybridized carbons (Fsp3) is 0.462. The van der Waals surface area contributed by atoms with Crippen LogP contribution in [0.25, 0.3) is 0 Å². The zero-order valence-corrected chi connectivity index (χ0v) is 10.4. The van der Waals surface area contributed by atoms with Crippen LogP contribution in [0, 0.1) is 0 Å². The lowest BCUT2D eigenvalue weighted by Crippen LogP contribution is -2.48. The van der Waals surface area contributed by atoms with E-state index in [2.05, 4.69) is 22.3 Å². The molecule has 1 fully saturated rings. The third-order valence-electron chi connectivity index (χ3n) is 3.16. The zero-order valence-electron chi connectivity index (χ0n) is 10.4. The maximum Gasteiger partial charge on any atom is 0.241 e. The van der Waals surface area contributed by atoms with E-state index in [9.17, 15) is 4.79 Å². The van der Waals surface area contributed by atoms with Crippen molar-refractivity contribution < 1.29 is 4.79 Å². The summed E-state index contributed by atoms with van der Waals surface area (Å²) in [7, 11) is 3.80. The molecule has 4 nitrogen and oxygen atoms in total. The van der Waals surface area contributed by atoms with E-state index in [0.717, 1.165) is 19.6 Å². The number of nitrogens with zero attached hydrogens (tertiary/aromatic N) is 2. The highest BCUT2D eigenvalue weighted by Crippen LogP contribution is 2.21. The molecule has 0 unspecified atom stereocenters. The first kappa shape index (κ1) is 11.9. The van der Waals surface area contributed by atoms with Gasteiger partial charge >= 0.3 is 0 Å². The molecule has 0 radical (unpaired) electrons. The molecule has 17 heavy (non-hydrogen) atoms. The molecule has 92 valence electrons. The minimum atomic E-state index is 0.190. The molecule has 0 atom stereocenters. The van der Waals surface area contributed by atoms with Crippen LogP contribution < -0.4 is 10.2 Å². The Labute approximate surface area is 102 Å². The van der Waals surface area contributed by atoms with Crippen LogP contribution in [0.5, 0.6) is 0 Å². The van der Waals surface area contributed by atoms with Gasteiger partial charge < -0.3 is 15.1 Å². The van der Waals surface area contributed by atoms with Crippen LogP contribution in [-0.2, 0) is 11.3 Å². The van der Waals surface area contributed by atoms with Crippen molar-refractivity contribution in [3.63, 3.8) is 0 Å². The van der Waals surface area contributed by atoms with E-state index in [1.165, 1.54) is 11.3 Å². The Morgan fingerprint density at radius 3 is 2.76 bits per heavy atom. The molecule has 1 N–H and O–H groups in total. The quantitative estimate of drug-likeness (QED) is 0.834. The predicted molar refractivity (Wildman–Crippen MR) is 69.1 cm³/mol.